The molecule has 0 aromatic heterocycles. The Bertz CT molecular complexity index is 395. The third kappa shape index (κ3) is 3.48. The first-order chi connectivity index (χ1) is 8.66. The van der Waals surface area contributed by atoms with Gasteiger partial charge in [0.25, 0.3) is 0 Å². The van der Waals surface area contributed by atoms with Crippen LogP contribution in [-0.2, 0) is 4.74 Å². The highest BCUT2D eigenvalue weighted by Crippen LogP contribution is 2.16. The molecule has 0 bridgehead atoms. The van der Waals surface area contributed by atoms with Crippen LogP contribution in [0.25, 0.3) is 0 Å². The lowest BCUT2D eigenvalue weighted by Gasteiger charge is -2.24. The highest BCUT2D eigenvalue weighted by molar-refractivity contribution is 5.20. The third-order valence-corrected chi connectivity index (χ3v) is 3.15. The lowest BCUT2D eigenvalue weighted by Crippen LogP contribution is -2.37. The Hall–Kier alpha value is -1.04. The van der Waals surface area contributed by atoms with E-state index in [0.29, 0.717) is 18.2 Å². The average molecular weight is 257 g/mol. The van der Waals surface area contributed by atoms with Crippen molar-refractivity contribution in [1.82, 2.24) is 5.32 Å². The topological polar surface area (TPSA) is 41.5 Å². The second-order valence-corrected chi connectivity index (χ2v) is 4.48. The molecule has 1 fully saturated rings. The highest BCUT2D eigenvalue weighted by atomic mass is 19.2. The first kappa shape index (κ1) is 13.4. The predicted molar refractivity (Wildman–Crippen MR) is 63.2 cm³/mol. The Morgan fingerprint density at radius 1 is 1.28 bits per heavy atom. The van der Waals surface area contributed by atoms with Gasteiger partial charge >= 0.3 is 0 Å². The normalized spacial score (nSPS) is 18.8. The molecule has 100 valence electrons. The molecule has 0 spiro atoms. The van der Waals surface area contributed by atoms with Crippen LogP contribution in [-0.4, -0.2) is 30.9 Å². The van der Waals surface area contributed by atoms with Crippen molar-refractivity contribution in [3.8, 4) is 0 Å². The average Bonchev–Trinajstić information content (AvgIpc) is 2.40. The van der Waals surface area contributed by atoms with Gasteiger partial charge in [0.2, 0.25) is 0 Å². The third-order valence-electron chi connectivity index (χ3n) is 3.15. The molecule has 3 nitrogen and oxygen atoms in total. The number of aliphatic hydroxyl groups excluding tert-OH is 1. The van der Waals surface area contributed by atoms with Crippen LogP contribution < -0.4 is 5.32 Å². The van der Waals surface area contributed by atoms with Gasteiger partial charge in [-0.15, -0.1) is 0 Å². The zero-order chi connectivity index (χ0) is 13.0. The fourth-order valence-electron chi connectivity index (χ4n) is 2.02. The summed E-state index contributed by atoms with van der Waals surface area (Å²) in [5, 5.41) is 13.1. The molecule has 0 saturated carbocycles. The van der Waals surface area contributed by atoms with E-state index in [1.807, 2.05) is 0 Å². The second-order valence-electron chi connectivity index (χ2n) is 4.48. The molecule has 5 heteroatoms. The number of aliphatic hydroxyl groups is 1. The molecule has 1 atom stereocenters. The van der Waals surface area contributed by atoms with Gasteiger partial charge in [0.1, 0.15) is 0 Å². The zero-order valence-electron chi connectivity index (χ0n) is 10.0. The maximum Gasteiger partial charge on any atom is 0.159 e. The molecule has 1 unspecified atom stereocenters. The van der Waals surface area contributed by atoms with Crippen LogP contribution in [0.4, 0.5) is 8.78 Å². The Kier molecular flexibility index (Phi) is 4.63. The first-order valence-electron chi connectivity index (χ1n) is 6.11. The zero-order valence-corrected chi connectivity index (χ0v) is 10.0. The number of benzene rings is 1. The summed E-state index contributed by atoms with van der Waals surface area (Å²) in [5.41, 5.74) is 0.383. The largest absolute Gasteiger partial charge is 0.387 e. The molecule has 0 radical (unpaired) electrons. The molecule has 0 aliphatic carbocycles. The van der Waals surface area contributed by atoms with E-state index in [4.69, 9.17) is 4.74 Å². The summed E-state index contributed by atoms with van der Waals surface area (Å²) >= 11 is 0. The minimum absolute atomic E-state index is 0.318. The van der Waals surface area contributed by atoms with Gasteiger partial charge < -0.3 is 15.2 Å². The van der Waals surface area contributed by atoms with Crippen molar-refractivity contribution in [2.45, 2.75) is 25.0 Å². The molecule has 2 N–H and O–H groups in total. The van der Waals surface area contributed by atoms with Crippen LogP contribution in [0.15, 0.2) is 18.2 Å². The summed E-state index contributed by atoms with van der Waals surface area (Å²) < 4.78 is 31.0. The molecule has 2 rings (SSSR count). The van der Waals surface area contributed by atoms with Gasteiger partial charge in [-0.1, -0.05) is 6.07 Å². The lowest BCUT2D eigenvalue weighted by molar-refractivity contribution is 0.0724. The van der Waals surface area contributed by atoms with Gasteiger partial charge in [0.15, 0.2) is 11.6 Å². The molecule has 1 aromatic carbocycles. The summed E-state index contributed by atoms with van der Waals surface area (Å²) in [6.07, 6.45) is 0.984. The maximum atomic E-state index is 13.0. The van der Waals surface area contributed by atoms with Crippen molar-refractivity contribution in [3.63, 3.8) is 0 Å². The van der Waals surface area contributed by atoms with E-state index in [-0.39, 0.29) is 0 Å². The SMILES string of the molecule is OC(CNC1CCOCC1)c1ccc(F)c(F)c1. The van der Waals surface area contributed by atoms with Crippen LogP contribution in [0.1, 0.15) is 24.5 Å². The van der Waals surface area contributed by atoms with E-state index in [9.17, 15) is 13.9 Å². The summed E-state index contributed by atoms with van der Waals surface area (Å²) in [6.45, 7) is 1.77. The molecular weight excluding hydrogens is 240 g/mol. The molecule has 1 aromatic rings. The minimum Gasteiger partial charge on any atom is -0.387 e. The van der Waals surface area contributed by atoms with E-state index in [1.165, 1.54) is 6.07 Å². The van der Waals surface area contributed by atoms with Crippen molar-refractivity contribution in [2.75, 3.05) is 19.8 Å². The Balaban J connectivity index is 1.86. The van der Waals surface area contributed by atoms with E-state index in [1.54, 1.807) is 0 Å². The van der Waals surface area contributed by atoms with Crippen LogP contribution in [0, 0.1) is 11.6 Å². The summed E-state index contributed by atoms with van der Waals surface area (Å²) in [5.74, 6) is -1.83. The van der Waals surface area contributed by atoms with Gasteiger partial charge in [-0.25, -0.2) is 8.78 Å². The molecule has 18 heavy (non-hydrogen) atoms. The van der Waals surface area contributed by atoms with E-state index >= 15 is 0 Å². The van der Waals surface area contributed by atoms with Crippen molar-refractivity contribution in [1.29, 1.82) is 0 Å². The van der Waals surface area contributed by atoms with Crippen LogP contribution >= 0.6 is 0 Å². The van der Waals surface area contributed by atoms with Gasteiger partial charge in [-0.05, 0) is 30.5 Å². The highest BCUT2D eigenvalue weighted by Gasteiger charge is 2.16. The number of rotatable bonds is 4. The van der Waals surface area contributed by atoms with E-state index in [0.717, 1.165) is 38.2 Å². The van der Waals surface area contributed by atoms with Crippen molar-refractivity contribution in [3.05, 3.63) is 35.4 Å². The van der Waals surface area contributed by atoms with Crippen molar-refractivity contribution >= 4 is 0 Å². The Labute approximate surface area is 105 Å². The fourth-order valence-corrected chi connectivity index (χ4v) is 2.02. The smallest absolute Gasteiger partial charge is 0.159 e. The summed E-state index contributed by atoms with van der Waals surface area (Å²) in [4.78, 5) is 0. The van der Waals surface area contributed by atoms with Crippen LogP contribution in [0.2, 0.25) is 0 Å². The lowest BCUT2D eigenvalue weighted by atomic mass is 10.1. The van der Waals surface area contributed by atoms with Crippen LogP contribution in [0.3, 0.4) is 0 Å². The number of halogens is 2. The number of nitrogens with one attached hydrogen (secondary N) is 1. The molecular formula is C13H17F2NO2. The molecule has 1 saturated heterocycles. The molecule has 0 amide bonds. The van der Waals surface area contributed by atoms with E-state index in [2.05, 4.69) is 5.32 Å². The molecule has 1 aliphatic rings. The second kappa shape index (κ2) is 6.22. The number of hydrogen-bond donors (Lipinski definition) is 2. The Morgan fingerprint density at radius 3 is 2.67 bits per heavy atom. The predicted octanol–water partition coefficient (Wildman–Crippen LogP) is 1.77. The first-order valence-corrected chi connectivity index (χ1v) is 6.11. The van der Waals surface area contributed by atoms with Crippen molar-refractivity contribution in [2.24, 2.45) is 0 Å². The number of hydrogen-bond acceptors (Lipinski definition) is 3. The summed E-state index contributed by atoms with van der Waals surface area (Å²) in [6, 6.07) is 3.78. The van der Waals surface area contributed by atoms with Gasteiger partial charge in [0, 0.05) is 25.8 Å². The minimum atomic E-state index is -0.933. The monoisotopic (exact) mass is 257 g/mol. The standard InChI is InChI=1S/C13H17F2NO2/c14-11-2-1-9(7-12(11)15)13(17)8-16-10-3-5-18-6-4-10/h1-2,7,10,13,16-17H,3-6,8H2. The van der Waals surface area contributed by atoms with Gasteiger partial charge in [-0.3, -0.25) is 0 Å². The molecule has 1 heterocycles. The maximum absolute atomic E-state index is 13.0. The van der Waals surface area contributed by atoms with Crippen LogP contribution in [0.5, 0.6) is 0 Å². The quantitative estimate of drug-likeness (QED) is 0.863. The fraction of sp³-hybridized carbons (Fsp3) is 0.538. The van der Waals surface area contributed by atoms with Gasteiger partial charge in [-0.2, -0.15) is 0 Å². The van der Waals surface area contributed by atoms with Gasteiger partial charge in [0.05, 0.1) is 6.10 Å². The van der Waals surface area contributed by atoms with Crippen molar-refractivity contribution < 1.29 is 18.6 Å². The Morgan fingerprint density at radius 2 is 2.00 bits per heavy atom. The summed E-state index contributed by atoms with van der Waals surface area (Å²) in [7, 11) is 0. The molecule has 1 aliphatic heterocycles. The number of ether oxygens (including phenoxy) is 1. The van der Waals surface area contributed by atoms with E-state index < -0.39 is 17.7 Å².